The standard InChI is InChI=1S/C29H31FN2O7/c1-38-23-13-17(15-34)12-20-24-21(28(36)31-8-10-33)14-22(25(35)27(24)39-26(20)23)32(29(37)18-5-6-18)9-7-16-3-2-4-19(30)11-16/h2-4,11-15,18,22,24-25,27,33,35H,5-10H2,1H3,(H,31,36)/t22-,24+,25+,27+/m1/s1. The quantitative estimate of drug-likeness (QED) is 0.394. The monoisotopic (exact) mass is 538 g/mol. The van der Waals surface area contributed by atoms with Gasteiger partial charge in [-0.1, -0.05) is 12.1 Å². The largest absolute Gasteiger partial charge is 0.493 e. The molecule has 0 bridgehead atoms. The van der Waals surface area contributed by atoms with E-state index < -0.39 is 30.1 Å². The lowest BCUT2D eigenvalue weighted by Crippen LogP contribution is -2.56. The Kier molecular flexibility index (Phi) is 7.67. The van der Waals surface area contributed by atoms with Crippen LogP contribution in [0.1, 0.15) is 40.2 Å². The minimum atomic E-state index is -1.21. The van der Waals surface area contributed by atoms with E-state index in [4.69, 9.17) is 9.47 Å². The van der Waals surface area contributed by atoms with Gasteiger partial charge in [0, 0.05) is 35.7 Å². The first-order valence-corrected chi connectivity index (χ1v) is 13.0. The molecule has 5 rings (SSSR count). The van der Waals surface area contributed by atoms with Crippen molar-refractivity contribution in [2.75, 3.05) is 26.8 Å². The SMILES string of the molecule is COc1cc(C=O)cc2c1O[C@@H]1[C@@H](O)[C@H](N(CCc3cccc(F)c3)C(=O)C3CC3)C=C(C(=O)NCCO)[C@H]21. The summed E-state index contributed by atoms with van der Waals surface area (Å²) >= 11 is 0. The molecule has 206 valence electrons. The van der Waals surface area contributed by atoms with E-state index in [1.165, 1.54) is 25.3 Å². The van der Waals surface area contributed by atoms with Crippen LogP contribution in [0.2, 0.25) is 0 Å². The summed E-state index contributed by atoms with van der Waals surface area (Å²) in [7, 11) is 1.43. The number of methoxy groups -OCH3 is 1. The third kappa shape index (κ3) is 5.26. The molecule has 2 aromatic carbocycles. The van der Waals surface area contributed by atoms with E-state index >= 15 is 0 Å². The van der Waals surface area contributed by atoms with Crippen LogP contribution in [0.5, 0.6) is 11.5 Å². The summed E-state index contributed by atoms with van der Waals surface area (Å²) in [5.74, 6) is -1.29. The Morgan fingerprint density at radius 2 is 2.05 bits per heavy atom. The lowest BCUT2D eigenvalue weighted by atomic mass is 9.77. The van der Waals surface area contributed by atoms with Crippen LogP contribution in [0.15, 0.2) is 48.0 Å². The summed E-state index contributed by atoms with van der Waals surface area (Å²) in [6, 6.07) is 8.36. The zero-order valence-corrected chi connectivity index (χ0v) is 21.5. The van der Waals surface area contributed by atoms with Crippen LogP contribution >= 0.6 is 0 Å². The van der Waals surface area contributed by atoms with E-state index in [-0.39, 0.29) is 42.9 Å². The number of aliphatic hydroxyl groups is 2. The lowest BCUT2D eigenvalue weighted by molar-refractivity contribution is -0.138. The zero-order chi connectivity index (χ0) is 27.7. The van der Waals surface area contributed by atoms with E-state index in [2.05, 4.69) is 5.32 Å². The van der Waals surface area contributed by atoms with Gasteiger partial charge in [-0.05, 0) is 55.2 Å². The number of nitrogens with zero attached hydrogens (tertiary/aromatic N) is 1. The summed E-state index contributed by atoms with van der Waals surface area (Å²) < 4.78 is 25.4. The lowest BCUT2D eigenvalue weighted by Gasteiger charge is -2.41. The number of halogens is 1. The van der Waals surface area contributed by atoms with Gasteiger partial charge >= 0.3 is 0 Å². The predicted molar refractivity (Wildman–Crippen MR) is 138 cm³/mol. The van der Waals surface area contributed by atoms with Crippen molar-refractivity contribution in [3.8, 4) is 11.5 Å². The third-order valence-electron chi connectivity index (χ3n) is 7.51. The highest BCUT2D eigenvalue weighted by Gasteiger charge is 2.52. The predicted octanol–water partition coefficient (Wildman–Crippen LogP) is 1.75. The molecule has 0 spiro atoms. The summed E-state index contributed by atoms with van der Waals surface area (Å²) in [5, 5.41) is 23.6. The molecule has 1 heterocycles. The van der Waals surface area contributed by atoms with Crippen LogP contribution in [0.4, 0.5) is 4.39 Å². The van der Waals surface area contributed by atoms with Crippen molar-refractivity contribution < 1.29 is 38.5 Å². The van der Waals surface area contributed by atoms with Crippen molar-refractivity contribution in [2.24, 2.45) is 5.92 Å². The number of carbonyl (C=O) groups is 3. The maximum atomic E-state index is 13.8. The van der Waals surface area contributed by atoms with E-state index in [1.807, 2.05) is 0 Å². The normalized spacial score (nSPS) is 23.1. The highest BCUT2D eigenvalue weighted by Crippen LogP contribution is 2.51. The molecule has 1 saturated carbocycles. The molecular formula is C29H31FN2O7. The van der Waals surface area contributed by atoms with Gasteiger partial charge in [-0.2, -0.15) is 0 Å². The minimum Gasteiger partial charge on any atom is -0.493 e. The first-order valence-electron chi connectivity index (χ1n) is 13.0. The smallest absolute Gasteiger partial charge is 0.247 e. The van der Waals surface area contributed by atoms with E-state index in [1.54, 1.807) is 29.2 Å². The zero-order valence-electron chi connectivity index (χ0n) is 21.5. The number of aldehydes is 1. The molecule has 0 saturated heterocycles. The Bertz CT molecular complexity index is 1310. The Labute approximate surface area is 225 Å². The molecule has 3 N–H and O–H groups in total. The van der Waals surface area contributed by atoms with Crippen LogP contribution < -0.4 is 14.8 Å². The van der Waals surface area contributed by atoms with Gasteiger partial charge in [-0.15, -0.1) is 0 Å². The number of hydrogen-bond acceptors (Lipinski definition) is 7. The summed E-state index contributed by atoms with van der Waals surface area (Å²) in [6.07, 6.45) is 1.93. The molecule has 1 fully saturated rings. The van der Waals surface area contributed by atoms with E-state index in [0.717, 1.165) is 12.8 Å². The van der Waals surface area contributed by atoms with Crippen molar-refractivity contribution in [1.29, 1.82) is 0 Å². The fraction of sp³-hybridized carbons (Fsp3) is 0.414. The number of amides is 2. The van der Waals surface area contributed by atoms with Crippen LogP contribution in [-0.2, 0) is 16.0 Å². The maximum absolute atomic E-state index is 13.8. The Balaban J connectivity index is 1.55. The molecule has 0 radical (unpaired) electrons. The number of carbonyl (C=O) groups excluding carboxylic acids is 3. The number of fused-ring (bicyclic) bond motifs is 3. The molecule has 1 aliphatic heterocycles. The molecule has 0 unspecified atom stereocenters. The summed E-state index contributed by atoms with van der Waals surface area (Å²) in [6.45, 7) is -0.0583. The fourth-order valence-corrected chi connectivity index (χ4v) is 5.47. The average Bonchev–Trinajstić information content (AvgIpc) is 3.72. The number of aliphatic hydroxyl groups excluding tert-OH is 2. The fourth-order valence-electron chi connectivity index (χ4n) is 5.47. The van der Waals surface area contributed by atoms with Crippen molar-refractivity contribution in [3.05, 3.63) is 70.6 Å². The molecule has 2 amide bonds. The first kappa shape index (κ1) is 26.8. The molecule has 2 aromatic rings. The summed E-state index contributed by atoms with van der Waals surface area (Å²) in [4.78, 5) is 40.0. The van der Waals surface area contributed by atoms with Crippen LogP contribution in [-0.4, -0.2) is 78.3 Å². The van der Waals surface area contributed by atoms with E-state index in [9.17, 15) is 29.0 Å². The maximum Gasteiger partial charge on any atom is 0.247 e. The van der Waals surface area contributed by atoms with Crippen LogP contribution in [0, 0.1) is 11.7 Å². The van der Waals surface area contributed by atoms with Gasteiger partial charge in [0.25, 0.3) is 0 Å². The molecule has 0 aromatic heterocycles. The molecule has 4 atom stereocenters. The first-order chi connectivity index (χ1) is 18.9. The third-order valence-corrected chi connectivity index (χ3v) is 7.51. The van der Waals surface area contributed by atoms with Gasteiger partial charge in [0.15, 0.2) is 11.5 Å². The molecular weight excluding hydrogens is 507 g/mol. The Morgan fingerprint density at radius 1 is 1.26 bits per heavy atom. The molecule has 10 heteroatoms. The second-order valence-corrected chi connectivity index (χ2v) is 10.1. The van der Waals surface area contributed by atoms with Gasteiger partial charge in [0.05, 0.1) is 25.7 Å². The molecule has 9 nitrogen and oxygen atoms in total. The highest BCUT2D eigenvalue weighted by molar-refractivity contribution is 5.96. The molecule has 2 aliphatic carbocycles. The Morgan fingerprint density at radius 3 is 2.72 bits per heavy atom. The average molecular weight is 539 g/mol. The number of benzene rings is 2. The van der Waals surface area contributed by atoms with Crippen molar-refractivity contribution in [2.45, 2.75) is 43.4 Å². The van der Waals surface area contributed by atoms with Gasteiger partial charge in [0.2, 0.25) is 11.8 Å². The Hall–Kier alpha value is -3.76. The second-order valence-electron chi connectivity index (χ2n) is 10.1. The second kappa shape index (κ2) is 11.2. The van der Waals surface area contributed by atoms with Gasteiger partial charge < -0.3 is 29.9 Å². The van der Waals surface area contributed by atoms with E-state index in [0.29, 0.717) is 40.9 Å². The number of ether oxygens (including phenoxy) is 2. The van der Waals surface area contributed by atoms with Gasteiger partial charge in [-0.3, -0.25) is 14.4 Å². The number of rotatable bonds is 10. The number of nitrogens with one attached hydrogen (secondary N) is 1. The topological polar surface area (TPSA) is 125 Å². The highest BCUT2D eigenvalue weighted by atomic mass is 19.1. The summed E-state index contributed by atoms with van der Waals surface area (Å²) in [5.41, 5.74) is 1.80. The minimum absolute atomic E-state index is 0.0104. The van der Waals surface area contributed by atoms with Crippen LogP contribution in [0.25, 0.3) is 0 Å². The molecule has 3 aliphatic rings. The van der Waals surface area contributed by atoms with Gasteiger partial charge in [-0.25, -0.2) is 4.39 Å². The van der Waals surface area contributed by atoms with Gasteiger partial charge in [0.1, 0.15) is 24.3 Å². The van der Waals surface area contributed by atoms with Crippen molar-refractivity contribution in [3.63, 3.8) is 0 Å². The molecule has 39 heavy (non-hydrogen) atoms. The van der Waals surface area contributed by atoms with Crippen molar-refractivity contribution in [1.82, 2.24) is 10.2 Å². The van der Waals surface area contributed by atoms with Crippen LogP contribution in [0.3, 0.4) is 0 Å². The number of hydrogen-bond donors (Lipinski definition) is 3. The van der Waals surface area contributed by atoms with Crippen molar-refractivity contribution >= 4 is 18.1 Å².